The fourth-order valence-corrected chi connectivity index (χ4v) is 9.70. The average Bonchev–Trinajstić information content (AvgIpc) is 3.79. The second kappa shape index (κ2) is 17.8. The molecule has 0 aliphatic carbocycles. The van der Waals surface area contributed by atoms with Crippen LogP contribution in [0, 0.1) is 0 Å². The predicted molar refractivity (Wildman–Crippen MR) is 288 cm³/mol. The van der Waals surface area contributed by atoms with Crippen molar-refractivity contribution >= 4 is 38.9 Å². The van der Waals surface area contributed by atoms with Gasteiger partial charge in [0.1, 0.15) is 0 Å². The van der Waals surface area contributed by atoms with E-state index in [9.17, 15) is 0 Å². The van der Waals surface area contributed by atoms with E-state index in [-0.39, 0.29) is 29.7 Å². The first-order valence-electron chi connectivity index (χ1n) is 25.4. The molecule has 0 atom stereocenters. The molecule has 0 aliphatic rings. The minimum absolute atomic E-state index is 0.182. The largest absolute Gasteiger partial charge is 0.310 e. The summed E-state index contributed by atoms with van der Waals surface area (Å²) in [5.41, 5.74) is 17.6. The number of para-hydroxylation sites is 1. The van der Waals surface area contributed by atoms with Crippen molar-refractivity contribution in [2.45, 2.75) is 0 Å². The van der Waals surface area contributed by atoms with Gasteiger partial charge in [-0.25, -0.2) is 0 Å². The Morgan fingerprint density at radius 1 is 0.279 bits per heavy atom. The van der Waals surface area contributed by atoms with Crippen molar-refractivity contribution in [2.24, 2.45) is 0 Å². The molecule has 0 radical (unpaired) electrons. The van der Waals surface area contributed by atoms with E-state index in [2.05, 4.69) is 222 Å². The van der Waals surface area contributed by atoms with Crippen molar-refractivity contribution in [1.29, 1.82) is 0 Å². The van der Waals surface area contributed by atoms with Crippen LogP contribution in [0.15, 0.2) is 279 Å². The zero-order valence-corrected chi connectivity index (χ0v) is 37.1. The third-order valence-corrected chi connectivity index (χ3v) is 12.9. The molecular weight excluding hydrogens is 821 g/mol. The molecular formula is C66H46N2. The van der Waals surface area contributed by atoms with Gasteiger partial charge >= 0.3 is 0 Å². The van der Waals surface area contributed by atoms with E-state index in [1.54, 1.807) is 0 Å². The fourth-order valence-electron chi connectivity index (χ4n) is 9.70. The van der Waals surface area contributed by atoms with E-state index in [1.165, 1.54) is 0 Å². The highest BCUT2D eigenvalue weighted by Gasteiger charge is 2.18. The number of rotatable bonds is 10. The summed E-state index contributed by atoms with van der Waals surface area (Å²) < 4.78 is 44.9. The van der Waals surface area contributed by atoms with Crippen molar-refractivity contribution in [3.63, 3.8) is 0 Å². The van der Waals surface area contributed by atoms with E-state index >= 15 is 0 Å². The second-order valence-corrected chi connectivity index (χ2v) is 16.9. The summed E-state index contributed by atoms with van der Waals surface area (Å²) in [6.45, 7) is 0. The molecule has 0 spiro atoms. The van der Waals surface area contributed by atoms with Crippen LogP contribution in [0.3, 0.4) is 0 Å². The SMILES string of the molecule is [2H]c1c([2H])c([2H])c(-c2ccccc2-c2cccc(-n3c4ccccc4c4ccc(-c5ccccc5-c5ccc(N(c6cccc(-c7ccccc7)c6)c6cccc(-c7ccccc7)c6)cc5)cc43)c2)c([2H])c1[2H]. The van der Waals surface area contributed by atoms with Gasteiger partial charge in [0.15, 0.2) is 0 Å². The average molecular weight is 872 g/mol. The van der Waals surface area contributed by atoms with Gasteiger partial charge in [-0.05, 0) is 127 Å². The molecule has 0 saturated heterocycles. The van der Waals surface area contributed by atoms with Crippen LogP contribution in [0.2, 0.25) is 0 Å². The van der Waals surface area contributed by atoms with Gasteiger partial charge in [-0.3, -0.25) is 0 Å². The van der Waals surface area contributed by atoms with Crippen molar-refractivity contribution in [2.75, 3.05) is 4.90 Å². The highest BCUT2D eigenvalue weighted by atomic mass is 15.1. The highest BCUT2D eigenvalue weighted by Crippen LogP contribution is 2.42. The normalized spacial score (nSPS) is 12.3. The quantitative estimate of drug-likeness (QED) is 0.133. The molecule has 0 bridgehead atoms. The first-order valence-corrected chi connectivity index (χ1v) is 22.9. The maximum absolute atomic E-state index is 8.81. The molecule has 12 aromatic rings. The molecule has 2 heteroatoms. The number of nitrogens with zero attached hydrogens (tertiary/aromatic N) is 2. The molecule has 2 nitrogen and oxygen atoms in total. The lowest BCUT2D eigenvalue weighted by atomic mass is 9.93. The third kappa shape index (κ3) is 7.64. The van der Waals surface area contributed by atoms with Gasteiger partial charge in [-0.1, -0.05) is 218 Å². The van der Waals surface area contributed by atoms with Gasteiger partial charge in [0.2, 0.25) is 0 Å². The maximum atomic E-state index is 8.81. The van der Waals surface area contributed by atoms with Crippen LogP contribution in [0.5, 0.6) is 0 Å². The lowest BCUT2D eigenvalue weighted by Crippen LogP contribution is -2.10. The molecule has 0 fully saturated rings. The minimum atomic E-state index is -0.408. The van der Waals surface area contributed by atoms with Crippen LogP contribution in [0.25, 0.3) is 94.3 Å². The van der Waals surface area contributed by atoms with Gasteiger partial charge in [-0.15, -0.1) is 0 Å². The van der Waals surface area contributed by atoms with Crippen LogP contribution in [0.1, 0.15) is 6.85 Å². The lowest BCUT2D eigenvalue weighted by molar-refractivity contribution is 1.18. The van der Waals surface area contributed by atoms with E-state index in [0.717, 1.165) is 100 Å². The maximum Gasteiger partial charge on any atom is 0.0629 e. The number of anilines is 3. The third-order valence-electron chi connectivity index (χ3n) is 12.9. The van der Waals surface area contributed by atoms with E-state index in [4.69, 9.17) is 6.85 Å². The first-order chi connectivity index (χ1) is 35.8. The Labute approximate surface area is 405 Å². The zero-order valence-electron chi connectivity index (χ0n) is 42.1. The smallest absolute Gasteiger partial charge is 0.0629 e. The van der Waals surface area contributed by atoms with Gasteiger partial charge in [0, 0.05) is 33.5 Å². The monoisotopic (exact) mass is 871 g/mol. The number of aromatic nitrogens is 1. The topological polar surface area (TPSA) is 8.17 Å². The van der Waals surface area contributed by atoms with Gasteiger partial charge in [0.05, 0.1) is 17.9 Å². The fraction of sp³-hybridized carbons (Fsp3) is 0. The minimum Gasteiger partial charge on any atom is -0.310 e. The predicted octanol–water partition coefficient (Wildman–Crippen LogP) is 18.3. The summed E-state index contributed by atoms with van der Waals surface area (Å²) in [5.74, 6) is 0. The van der Waals surface area contributed by atoms with Crippen LogP contribution >= 0.6 is 0 Å². The molecule has 0 aliphatic heterocycles. The van der Waals surface area contributed by atoms with Crippen LogP contribution in [-0.2, 0) is 0 Å². The Bertz CT molecular complexity index is 3920. The van der Waals surface area contributed by atoms with Crippen molar-refractivity contribution in [3.8, 4) is 72.4 Å². The Balaban J connectivity index is 0.947. The summed E-state index contributed by atoms with van der Waals surface area (Å²) in [6.07, 6.45) is 0. The van der Waals surface area contributed by atoms with Crippen LogP contribution < -0.4 is 4.90 Å². The number of benzene rings is 11. The number of hydrogen-bond donors (Lipinski definition) is 0. The molecule has 11 aromatic carbocycles. The number of fused-ring (bicyclic) bond motifs is 3. The second-order valence-electron chi connectivity index (χ2n) is 16.9. The summed E-state index contributed by atoms with van der Waals surface area (Å²) >= 11 is 0. The Morgan fingerprint density at radius 2 is 0.750 bits per heavy atom. The Kier molecular flexibility index (Phi) is 9.23. The Morgan fingerprint density at radius 3 is 1.38 bits per heavy atom. The molecule has 0 amide bonds. The Hall–Kier alpha value is -8.98. The molecule has 12 rings (SSSR count). The summed E-state index contributed by atoms with van der Waals surface area (Å²) in [6, 6.07) is 85.5. The van der Waals surface area contributed by atoms with E-state index in [1.807, 2.05) is 36.4 Å². The van der Waals surface area contributed by atoms with Crippen molar-refractivity contribution < 1.29 is 6.85 Å². The van der Waals surface area contributed by atoms with Gasteiger partial charge < -0.3 is 9.47 Å². The van der Waals surface area contributed by atoms with Gasteiger partial charge in [-0.2, -0.15) is 0 Å². The van der Waals surface area contributed by atoms with E-state index < -0.39 is 6.04 Å². The molecule has 1 aromatic heterocycles. The van der Waals surface area contributed by atoms with Crippen molar-refractivity contribution in [3.05, 3.63) is 279 Å². The highest BCUT2D eigenvalue weighted by molar-refractivity contribution is 6.10. The molecule has 0 N–H and O–H groups in total. The molecule has 320 valence electrons. The number of hydrogen-bond acceptors (Lipinski definition) is 1. The van der Waals surface area contributed by atoms with Crippen LogP contribution in [-0.4, -0.2) is 4.57 Å². The molecule has 68 heavy (non-hydrogen) atoms. The van der Waals surface area contributed by atoms with Crippen LogP contribution in [0.4, 0.5) is 17.1 Å². The molecule has 0 saturated carbocycles. The first kappa shape index (κ1) is 35.3. The molecule has 1 heterocycles. The van der Waals surface area contributed by atoms with Gasteiger partial charge in [0.25, 0.3) is 0 Å². The summed E-state index contributed by atoms with van der Waals surface area (Å²) in [4.78, 5) is 2.34. The zero-order chi connectivity index (χ0) is 49.6. The molecule has 0 unspecified atom stereocenters. The standard InChI is InChI=1S/C66H46N2/c1-4-19-47(20-5-1)51-25-16-28-56(43-51)67(57-29-17-26-52(44-57)48-21-6-2-7-22-48)55-40-37-50(38-41-55)60-32-11-13-34-62(60)54-39-42-64-63-35-14-15-36-65(63)68(66(64)46-54)58-30-18-27-53(45-58)61-33-12-10-31-59(61)49-23-8-3-9-24-49/h1-46H/i3D,8D,9D,23D,24D. The van der Waals surface area contributed by atoms with E-state index in [0.29, 0.717) is 5.56 Å². The summed E-state index contributed by atoms with van der Waals surface area (Å²) in [5, 5.41) is 2.25. The lowest BCUT2D eigenvalue weighted by Gasteiger charge is -2.27. The summed E-state index contributed by atoms with van der Waals surface area (Å²) in [7, 11) is 0. The van der Waals surface area contributed by atoms with Crippen molar-refractivity contribution in [1.82, 2.24) is 4.57 Å².